The van der Waals surface area contributed by atoms with Gasteiger partial charge in [-0.2, -0.15) is 0 Å². The molecule has 4 heteroatoms. The van der Waals surface area contributed by atoms with Crippen LogP contribution in [0.1, 0.15) is 30.0 Å². The molecular formula is C21H20ClNO2. The first-order valence-electron chi connectivity index (χ1n) is 8.60. The summed E-state index contributed by atoms with van der Waals surface area (Å²) in [6, 6.07) is 14.3. The lowest BCUT2D eigenvalue weighted by molar-refractivity contribution is 0.546. The minimum absolute atomic E-state index is 0.317. The third-order valence-electron chi connectivity index (χ3n) is 5.11. The Morgan fingerprint density at radius 1 is 1.24 bits per heavy atom. The second-order valence-corrected chi connectivity index (χ2v) is 7.24. The van der Waals surface area contributed by atoms with Crippen molar-refractivity contribution in [2.45, 2.75) is 39.3 Å². The van der Waals surface area contributed by atoms with Crippen molar-refractivity contribution in [3.05, 3.63) is 74.6 Å². The molecule has 0 aliphatic carbocycles. The Morgan fingerprint density at radius 3 is 2.88 bits per heavy atom. The van der Waals surface area contributed by atoms with E-state index in [1.165, 1.54) is 11.3 Å². The second-order valence-electron chi connectivity index (χ2n) is 6.83. The molecule has 1 aliphatic heterocycles. The van der Waals surface area contributed by atoms with Gasteiger partial charge in [0, 0.05) is 34.7 Å². The van der Waals surface area contributed by atoms with E-state index in [2.05, 4.69) is 36.1 Å². The van der Waals surface area contributed by atoms with E-state index in [-0.39, 0.29) is 5.63 Å². The van der Waals surface area contributed by atoms with Crippen molar-refractivity contribution in [1.29, 1.82) is 0 Å². The molecular weight excluding hydrogens is 334 g/mol. The maximum atomic E-state index is 12.1. The summed E-state index contributed by atoms with van der Waals surface area (Å²) < 4.78 is 5.39. The molecule has 0 unspecified atom stereocenters. The minimum atomic E-state index is -0.317. The summed E-state index contributed by atoms with van der Waals surface area (Å²) in [5, 5.41) is 1.60. The molecule has 0 amide bonds. The summed E-state index contributed by atoms with van der Waals surface area (Å²) in [6.07, 6.45) is 2.20. The SMILES string of the molecule is Cc1cc2oc(=O)cc(CN3c4ccccc4CC[C@H]3C)c2cc1Cl. The fraction of sp³-hybridized carbons (Fsp3) is 0.286. The van der Waals surface area contributed by atoms with Gasteiger partial charge in [-0.3, -0.25) is 0 Å². The molecule has 25 heavy (non-hydrogen) atoms. The Balaban J connectivity index is 1.83. The zero-order valence-electron chi connectivity index (χ0n) is 14.4. The highest BCUT2D eigenvalue weighted by Gasteiger charge is 2.23. The Bertz CT molecular complexity index is 1010. The highest BCUT2D eigenvalue weighted by atomic mass is 35.5. The fourth-order valence-corrected chi connectivity index (χ4v) is 3.83. The summed E-state index contributed by atoms with van der Waals surface area (Å²) in [5.74, 6) is 0. The normalized spacial score (nSPS) is 16.9. The number of para-hydroxylation sites is 1. The largest absolute Gasteiger partial charge is 0.423 e. The summed E-state index contributed by atoms with van der Waals surface area (Å²) in [6.45, 7) is 4.82. The first kappa shape index (κ1) is 16.2. The second kappa shape index (κ2) is 6.23. The van der Waals surface area contributed by atoms with Gasteiger partial charge >= 0.3 is 5.63 Å². The average Bonchev–Trinajstić information content (AvgIpc) is 2.59. The molecule has 3 nitrogen and oxygen atoms in total. The van der Waals surface area contributed by atoms with Crippen molar-refractivity contribution >= 4 is 28.3 Å². The molecule has 128 valence electrons. The lowest BCUT2D eigenvalue weighted by Gasteiger charge is -2.37. The fourth-order valence-electron chi connectivity index (χ4n) is 3.66. The molecule has 1 aliphatic rings. The third kappa shape index (κ3) is 2.93. The molecule has 0 radical (unpaired) electrons. The van der Waals surface area contributed by atoms with E-state index in [1.54, 1.807) is 6.07 Å². The van der Waals surface area contributed by atoms with Crippen LogP contribution in [0.25, 0.3) is 11.0 Å². The van der Waals surface area contributed by atoms with Crippen LogP contribution in [0, 0.1) is 6.92 Å². The zero-order valence-corrected chi connectivity index (χ0v) is 15.1. The maximum Gasteiger partial charge on any atom is 0.336 e. The Morgan fingerprint density at radius 2 is 2.04 bits per heavy atom. The van der Waals surface area contributed by atoms with Crippen molar-refractivity contribution in [1.82, 2.24) is 0 Å². The summed E-state index contributed by atoms with van der Waals surface area (Å²) in [5.41, 5.74) is 4.76. The predicted octanol–water partition coefficient (Wildman–Crippen LogP) is 5.10. The van der Waals surface area contributed by atoms with Gasteiger partial charge in [-0.05, 0) is 61.6 Å². The molecule has 1 atom stereocenters. The van der Waals surface area contributed by atoms with Crippen molar-refractivity contribution < 1.29 is 4.42 Å². The summed E-state index contributed by atoms with van der Waals surface area (Å²) >= 11 is 6.32. The van der Waals surface area contributed by atoms with Crippen LogP contribution in [0.15, 0.2) is 51.7 Å². The topological polar surface area (TPSA) is 33.5 Å². The molecule has 1 aromatic heterocycles. The number of hydrogen-bond donors (Lipinski definition) is 0. The number of aryl methyl sites for hydroxylation is 2. The van der Waals surface area contributed by atoms with Crippen LogP contribution in [0.4, 0.5) is 5.69 Å². The average molecular weight is 354 g/mol. The number of anilines is 1. The Kier molecular flexibility index (Phi) is 4.04. The smallest absolute Gasteiger partial charge is 0.336 e. The van der Waals surface area contributed by atoms with Crippen LogP contribution >= 0.6 is 11.6 Å². The molecule has 0 spiro atoms. The van der Waals surface area contributed by atoms with Crippen LogP contribution in [0.5, 0.6) is 0 Å². The highest BCUT2D eigenvalue weighted by Crippen LogP contribution is 2.33. The molecule has 2 aromatic carbocycles. The van der Waals surface area contributed by atoms with E-state index in [1.807, 2.05) is 19.1 Å². The van der Waals surface area contributed by atoms with Gasteiger partial charge in [-0.25, -0.2) is 4.79 Å². The van der Waals surface area contributed by atoms with Gasteiger partial charge in [0.05, 0.1) is 0 Å². The number of benzene rings is 2. The Hall–Kier alpha value is -2.26. The van der Waals surface area contributed by atoms with Crippen molar-refractivity contribution in [2.24, 2.45) is 0 Å². The lowest BCUT2D eigenvalue weighted by atomic mass is 9.95. The van der Waals surface area contributed by atoms with Crippen molar-refractivity contribution in [2.75, 3.05) is 4.90 Å². The van der Waals surface area contributed by atoms with Gasteiger partial charge in [-0.15, -0.1) is 0 Å². The first-order valence-corrected chi connectivity index (χ1v) is 8.98. The molecule has 0 N–H and O–H groups in total. The number of nitrogens with zero attached hydrogens (tertiary/aromatic N) is 1. The number of halogens is 1. The summed E-state index contributed by atoms with van der Waals surface area (Å²) in [4.78, 5) is 14.4. The number of fused-ring (bicyclic) bond motifs is 2. The standard InChI is InChI=1S/C21H20ClNO2/c1-13-9-20-17(11-18(13)22)16(10-21(24)25-20)12-23-14(2)7-8-15-5-3-4-6-19(15)23/h3-6,9-11,14H,7-8,12H2,1-2H3/t14-/m1/s1. The van der Waals surface area contributed by atoms with Gasteiger partial charge in [0.2, 0.25) is 0 Å². The first-order chi connectivity index (χ1) is 12.0. The van der Waals surface area contributed by atoms with E-state index in [0.717, 1.165) is 29.4 Å². The molecule has 3 aromatic rings. The minimum Gasteiger partial charge on any atom is -0.423 e. The van der Waals surface area contributed by atoms with Gasteiger partial charge < -0.3 is 9.32 Å². The van der Waals surface area contributed by atoms with Crippen LogP contribution in [-0.4, -0.2) is 6.04 Å². The molecule has 2 heterocycles. The van der Waals surface area contributed by atoms with E-state index in [4.69, 9.17) is 16.0 Å². The molecule has 4 rings (SSSR count). The van der Waals surface area contributed by atoms with Crippen LogP contribution in [0.3, 0.4) is 0 Å². The lowest BCUT2D eigenvalue weighted by Crippen LogP contribution is -2.36. The maximum absolute atomic E-state index is 12.1. The Labute approximate surface area is 151 Å². The van der Waals surface area contributed by atoms with Crippen LogP contribution in [0.2, 0.25) is 5.02 Å². The molecule has 0 bridgehead atoms. The van der Waals surface area contributed by atoms with Gasteiger partial charge in [0.25, 0.3) is 0 Å². The predicted molar refractivity (Wildman–Crippen MR) is 103 cm³/mol. The number of hydrogen-bond acceptors (Lipinski definition) is 3. The van der Waals surface area contributed by atoms with E-state index < -0.39 is 0 Å². The number of rotatable bonds is 2. The molecule has 0 fully saturated rings. The van der Waals surface area contributed by atoms with E-state index >= 15 is 0 Å². The van der Waals surface area contributed by atoms with Gasteiger partial charge in [0.15, 0.2) is 0 Å². The highest BCUT2D eigenvalue weighted by molar-refractivity contribution is 6.32. The van der Waals surface area contributed by atoms with Crippen LogP contribution < -0.4 is 10.5 Å². The summed E-state index contributed by atoms with van der Waals surface area (Å²) in [7, 11) is 0. The monoisotopic (exact) mass is 353 g/mol. The van der Waals surface area contributed by atoms with E-state index in [0.29, 0.717) is 23.2 Å². The zero-order chi connectivity index (χ0) is 17.6. The quantitative estimate of drug-likeness (QED) is 0.601. The van der Waals surface area contributed by atoms with Gasteiger partial charge in [0.1, 0.15) is 5.58 Å². The van der Waals surface area contributed by atoms with Gasteiger partial charge in [-0.1, -0.05) is 29.8 Å². The van der Waals surface area contributed by atoms with Crippen molar-refractivity contribution in [3.8, 4) is 0 Å². The van der Waals surface area contributed by atoms with Crippen LogP contribution in [-0.2, 0) is 13.0 Å². The van der Waals surface area contributed by atoms with E-state index in [9.17, 15) is 4.79 Å². The molecule has 0 saturated heterocycles. The van der Waals surface area contributed by atoms with Crippen molar-refractivity contribution in [3.63, 3.8) is 0 Å². The molecule has 0 saturated carbocycles. The third-order valence-corrected chi connectivity index (χ3v) is 5.52.